The maximum Gasteiger partial charge on any atom is 0.0615 e. The Morgan fingerprint density at radius 1 is 1.70 bits per heavy atom. The molecule has 0 aliphatic rings. The van der Waals surface area contributed by atoms with Gasteiger partial charge in [-0.15, -0.1) is 0 Å². The van der Waals surface area contributed by atoms with Gasteiger partial charge in [0.2, 0.25) is 0 Å². The van der Waals surface area contributed by atoms with Gasteiger partial charge in [0.05, 0.1) is 7.11 Å². The van der Waals surface area contributed by atoms with Gasteiger partial charge in [0.15, 0.2) is 0 Å². The molecule has 0 saturated carbocycles. The van der Waals surface area contributed by atoms with Crippen molar-refractivity contribution in [3.05, 3.63) is 11.0 Å². The Labute approximate surface area is 58.7 Å². The van der Waals surface area contributed by atoms with Gasteiger partial charge in [-0.3, -0.25) is 10.0 Å². The SMILES string of the molecule is C=N[N-]N([N-]C)N(O)OC. The summed E-state index contributed by atoms with van der Waals surface area (Å²) < 4.78 is 0. The fourth-order valence-electron chi connectivity index (χ4n) is 0.280. The number of hydrogen-bond acceptors (Lipinski definition) is 5. The van der Waals surface area contributed by atoms with Crippen LogP contribution in [-0.4, -0.2) is 36.6 Å². The second-order valence-corrected chi connectivity index (χ2v) is 1.13. The zero-order valence-electron chi connectivity index (χ0n) is 5.80. The zero-order valence-corrected chi connectivity index (χ0v) is 5.80. The molecule has 0 rings (SSSR count). The van der Waals surface area contributed by atoms with E-state index >= 15 is 0 Å². The van der Waals surface area contributed by atoms with Crippen LogP contribution in [0.1, 0.15) is 0 Å². The fraction of sp³-hybridized carbons (Fsp3) is 0.667. The van der Waals surface area contributed by atoms with Crippen molar-refractivity contribution < 1.29 is 10.0 Å². The Morgan fingerprint density at radius 2 is 2.30 bits per heavy atom. The molecule has 0 saturated heterocycles. The first-order valence-corrected chi connectivity index (χ1v) is 2.35. The van der Waals surface area contributed by atoms with Crippen molar-refractivity contribution in [3.8, 4) is 0 Å². The Balaban J connectivity index is 3.67. The van der Waals surface area contributed by atoms with Crippen LogP contribution in [0.3, 0.4) is 0 Å². The first-order chi connectivity index (χ1) is 4.76. The lowest BCUT2D eigenvalue weighted by atomic mass is 11.5. The maximum absolute atomic E-state index is 8.71. The third-order valence-corrected chi connectivity index (χ3v) is 0.638. The van der Waals surface area contributed by atoms with Gasteiger partial charge in [-0.1, -0.05) is 0 Å². The molecule has 0 spiro atoms. The number of rotatable bonds is 5. The summed E-state index contributed by atoms with van der Waals surface area (Å²) in [7, 11) is 2.65. The molecule has 10 heavy (non-hydrogen) atoms. The summed E-state index contributed by atoms with van der Waals surface area (Å²) in [5, 5.41) is 12.8. The van der Waals surface area contributed by atoms with Crippen molar-refractivity contribution in [1.29, 1.82) is 0 Å². The Morgan fingerprint density at radius 3 is 2.60 bits per heavy atom. The predicted octanol–water partition coefficient (Wildman–Crippen LogP) is 0.279. The number of hydrogen-bond donors (Lipinski definition) is 1. The van der Waals surface area contributed by atoms with E-state index in [9.17, 15) is 0 Å². The fourth-order valence-corrected chi connectivity index (χ4v) is 0.280. The highest BCUT2D eigenvalue weighted by molar-refractivity contribution is 5.24. The van der Waals surface area contributed by atoms with E-state index < -0.39 is 0 Å². The summed E-state index contributed by atoms with van der Waals surface area (Å²) in [6.45, 7) is 3.05. The van der Waals surface area contributed by atoms with Crippen LogP contribution >= 0.6 is 0 Å². The van der Waals surface area contributed by atoms with Crippen molar-refractivity contribution in [1.82, 2.24) is 10.6 Å². The van der Waals surface area contributed by atoms with Crippen LogP contribution in [0.5, 0.6) is 0 Å². The van der Waals surface area contributed by atoms with Crippen molar-refractivity contribution in [2.75, 3.05) is 14.2 Å². The molecule has 7 heteroatoms. The van der Waals surface area contributed by atoms with E-state index in [-0.39, 0.29) is 0 Å². The average Bonchev–Trinajstić information content (AvgIpc) is 1.99. The van der Waals surface area contributed by atoms with Crippen LogP contribution in [0.25, 0.3) is 11.0 Å². The molecular weight excluding hydrogens is 138 g/mol. The maximum atomic E-state index is 8.71. The van der Waals surface area contributed by atoms with Crippen LogP contribution in [0.2, 0.25) is 0 Å². The molecule has 0 aliphatic carbocycles. The van der Waals surface area contributed by atoms with E-state index in [0.717, 1.165) is 0 Å². The summed E-state index contributed by atoms with van der Waals surface area (Å²) in [6.07, 6.45) is 0. The molecule has 0 aromatic carbocycles. The lowest BCUT2D eigenvalue weighted by Gasteiger charge is -2.47. The van der Waals surface area contributed by atoms with Crippen LogP contribution in [0.4, 0.5) is 0 Å². The first kappa shape index (κ1) is 9.27. The second kappa shape index (κ2) is 5.09. The third-order valence-electron chi connectivity index (χ3n) is 0.638. The minimum absolute atomic E-state index is 0.300. The molecule has 0 heterocycles. The lowest BCUT2D eigenvalue weighted by molar-refractivity contribution is -0.412. The predicted molar refractivity (Wildman–Crippen MR) is 34.7 cm³/mol. The summed E-state index contributed by atoms with van der Waals surface area (Å²) in [4.78, 5) is 4.30. The van der Waals surface area contributed by atoms with Crippen LogP contribution in [0.15, 0.2) is 5.10 Å². The highest BCUT2D eigenvalue weighted by atomic mass is 16.9. The highest BCUT2D eigenvalue weighted by Gasteiger charge is 1.89. The van der Waals surface area contributed by atoms with Crippen LogP contribution < -0.4 is 0 Å². The van der Waals surface area contributed by atoms with Gasteiger partial charge in [0.25, 0.3) is 0 Å². The molecule has 0 amide bonds. The van der Waals surface area contributed by atoms with E-state index in [1.54, 1.807) is 0 Å². The quantitative estimate of drug-likeness (QED) is 0.447. The molecule has 0 aromatic rings. The largest absolute Gasteiger partial charge is 0.593 e. The van der Waals surface area contributed by atoms with Gasteiger partial charge in [0, 0.05) is 0 Å². The van der Waals surface area contributed by atoms with E-state index in [2.05, 4.69) is 27.6 Å². The molecule has 0 fully saturated rings. The van der Waals surface area contributed by atoms with Gasteiger partial charge in [0.1, 0.15) is 0 Å². The van der Waals surface area contributed by atoms with E-state index in [0.29, 0.717) is 10.6 Å². The minimum Gasteiger partial charge on any atom is -0.593 e. The molecule has 1 N–H and O–H groups in total. The van der Waals surface area contributed by atoms with E-state index in [1.165, 1.54) is 14.2 Å². The molecule has 0 aliphatic heterocycles. The molecule has 0 aromatic heterocycles. The molecule has 7 nitrogen and oxygen atoms in total. The monoisotopic (exact) mass is 147 g/mol. The highest BCUT2D eigenvalue weighted by Crippen LogP contribution is 2.05. The van der Waals surface area contributed by atoms with Gasteiger partial charge >= 0.3 is 0 Å². The van der Waals surface area contributed by atoms with Gasteiger partial charge < -0.3 is 21.3 Å². The average molecular weight is 147 g/mol. The Bertz CT molecular complexity index is 98.9. The zero-order chi connectivity index (χ0) is 7.98. The molecule has 0 radical (unpaired) electrons. The summed E-state index contributed by atoms with van der Waals surface area (Å²) in [5.74, 6) is 0. The molecule has 0 unspecified atom stereocenters. The molecule has 0 bridgehead atoms. The van der Waals surface area contributed by atoms with Gasteiger partial charge in [-0.05, 0) is 12.1 Å². The van der Waals surface area contributed by atoms with Gasteiger partial charge in [-0.2, -0.15) is 7.05 Å². The summed E-state index contributed by atoms with van der Waals surface area (Å²) in [5.41, 5.74) is 6.68. The second-order valence-electron chi connectivity index (χ2n) is 1.13. The third kappa shape index (κ3) is 2.71. The van der Waals surface area contributed by atoms with E-state index in [1.807, 2.05) is 0 Å². The lowest BCUT2D eigenvalue weighted by Crippen LogP contribution is -2.31. The van der Waals surface area contributed by atoms with Gasteiger partial charge in [-0.25, -0.2) is 0 Å². The van der Waals surface area contributed by atoms with Crippen molar-refractivity contribution >= 4 is 6.72 Å². The first-order valence-electron chi connectivity index (χ1n) is 2.35. The Hall–Kier alpha value is -0.730. The standard InChI is InChI=1S/C3H9N5O2/c1-4-6-7(5-2)8(9)10-3/h9H,1H2,2-3H3/q-2. The normalized spacial score (nSPS) is 10.5. The molecule has 60 valence electrons. The number of nitrogens with zero attached hydrogens (tertiary/aromatic N) is 5. The van der Waals surface area contributed by atoms with E-state index in [4.69, 9.17) is 5.21 Å². The smallest absolute Gasteiger partial charge is 0.0615 e. The van der Waals surface area contributed by atoms with Crippen molar-refractivity contribution in [2.45, 2.75) is 0 Å². The van der Waals surface area contributed by atoms with Crippen molar-refractivity contribution in [3.63, 3.8) is 0 Å². The minimum atomic E-state index is 0.300. The summed E-state index contributed by atoms with van der Waals surface area (Å²) >= 11 is 0. The molecular formula is C3H9N5O2-2. The van der Waals surface area contributed by atoms with Crippen molar-refractivity contribution in [2.24, 2.45) is 5.10 Å². The topological polar surface area (TPSA) is 76.5 Å². The Kier molecular flexibility index (Phi) is 4.72. The summed E-state index contributed by atoms with van der Waals surface area (Å²) in [6, 6.07) is 0. The van der Waals surface area contributed by atoms with Crippen LogP contribution in [0, 0.1) is 0 Å². The molecule has 0 atom stereocenters. The van der Waals surface area contributed by atoms with Crippen LogP contribution in [-0.2, 0) is 4.84 Å². The number of hydrazine groups is 1.